The first-order valence-electron chi connectivity index (χ1n) is 9.33. The summed E-state index contributed by atoms with van der Waals surface area (Å²) in [5.41, 5.74) is 1.49. The highest BCUT2D eigenvalue weighted by atomic mass is 32.2. The highest BCUT2D eigenvalue weighted by Gasteiger charge is 2.30. The Morgan fingerprint density at radius 2 is 1.70 bits per heavy atom. The number of hydrogen-bond acceptors (Lipinski definition) is 4. The first-order valence-corrected chi connectivity index (χ1v) is 11.2. The van der Waals surface area contributed by atoms with Gasteiger partial charge in [-0.15, -0.1) is 0 Å². The Balaban J connectivity index is 2.38. The summed E-state index contributed by atoms with van der Waals surface area (Å²) in [6.45, 7) is 2.68. The van der Waals surface area contributed by atoms with Crippen molar-refractivity contribution in [1.29, 1.82) is 0 Å². The number of sulfonamides is 1. The molecule has 0 radical (unpaired) electrons. The quantitative estimate of drug-likeness (QED) is 0.688. The maximum atomic E-state index is 14.2. The number of halogens is 1. The third-order valence-electron chi connectivity index (χ3n) is 4.71. The van der Waals surface area contributed by atoms with Crippen LogP contribution in [0, 0.1) is 12.7 Å². The summed E-state index contributed by atoms with van der Waals surface area (Å²) in [5.74, 6) is -1.58. The second-order valence-electron chi connectivity index (χ2n) is 7.01. The summed E-state index contributed by atoms with van der Waals surface area (Å²) in [7, 11) is -2.35. The molecular formula is C21H26FN3O4S. The summed E-state index contributed by atoms with van der Waals surface area (Å²) >= 11 is 0. The van der Waals surface area contributed by atoms with Crippen molar-refractivity contribution in [3.8, 4) is 0 Å². The minimum atomic E-state index is -3.78. The van der Waals surface area contributed by atoms with Crippen molar-refractivity contribution < 1.29 is 22.4 Å². The molecule has 0 saturated carbocycles. The molecule has 0 heterocycles. The van der Waals surface area contributed by atoms with Crippen LogP contribution < -0.4 is 9.62 Å². The van der Waals surface area contributed by atoms with E-state index in [0.29, 0.717) is 5.69 Å². The van der Waals surface area contributed by atoms with Crippen molar-refractivity contribution in [2.24, 2.45) is 0 Å². The van der Waals surface area contributed by atoms with Crippen LogP contribution in [0.25, 0.3) is 0 Å². The van der Waals surface area contributed by atoms with Crippen molar-refractivity contribution in [2.75, 3.05) is 24.2 Å². The molecule has 162 valence electrons. The minimum Gasteiger partial charge on any atom is -0.357 e. The van der Waals surface area contributed by atoms with Gasteiger partial charge in [0.15, 0.2) is 0 Å². The Kier molecular flexibility index (Phi) is 7.55. The van der Waals surface area contributed by atoms with Gasteiger partial charge in [-0.3, -0.25) is 13.9 Å². The number of carbonyl (C=O) groups excluding carboxylic acids is 2. The van der Waals surface area contributed by atoms with Gasteiger partial charge in [0, 0.05) is 19.2 Å². The van der Waals surface area contributed by atoms with Gasteiger partial charge in [-0.2, -0.15) is 0 Å². The second kappa shape index (κ2) is 9.71. The Labute approximate surface area is 176 Å². The number of likely N-dealkylation sites (N-methyl/N-ethyl adjacent to an activating group) is 1. The van der Waals surface area contributed by atoms with Gasteiger partial charge >= 0.3 is 0 Å². The van der Waals surface area contributed by atoms with Crippen LogP contribution in [0.5, 0.6) is 0 Å². The smallest absolute Gasteiger partial charge is 0.244 e. The fraction of sp³-hybridized carbons (Fsp3) is 0.333. The molecule has 30 heavy (non-hydrogen) atoms. The molecule has 2 aromatic rings. The van der Waals surface area contributed by atoms with Crippen LogP contribution in [0.3, 0.4) is 0 Å². The monoisotopic (exact) mass is 435 g/mol. The van der Waals surface area contributed by atoms with Crippen LogP contribution in [-0.4, -0.2) is 51.0 Å². The Hall–Kier alpha value is -2.94. The number of nitrogens with one attached hydrogen (secondary N) is 1. The van der Waals surface area contributed by atoms with Gasteiger partial charge in [-0.25, -0.2) is 12.8 Å². The van der Waals surface area contributed by atoms with Crippen molar-refractivity contribution in [1.82, 2.24) is 10.2 Å². The van der Waals surface area contributed by atoms with Crippen molar-refractivity contribution >= 4 is 27.5 Å². The molecule has 0 bridgehead atoms. The molecule has 0 unspecified atom stereocenters. The van der Waals surface area contributed by atoms with Gasteiger partial charge in [0.1, 0.15) is 18.4 Å². The van der Waals surface area contributed by atoms with E-state index in [-0.39, 0.29) is 12.1 Å². The highest BCUT2D eigenvalue weighted by Crippen LogP contribution is 2.20. The van der Waals surface area contributed by atoms with E-state index < -0.39 is 40.2 Å². The molecule has 1 N–H and O–H groups in total. The molecule has 0 aromatic heterocycles. The Bertz CT molecular complexity index is 1010. The number of benzene rings is 2. The molecule has 0 saturated heterocycles. The molecule has 2 aromatic carbocycles. The van der Waals surface area contributed by atoms with Crippen LogP contribution in [0.15, 0.2) is 48.5 Å². The molecule has 7 nitrogen and oxygen atoms in total. The van der Waals surface area contributed by atoms with Gasteiger partial charge < -0.3 is 10.2 Å². The molecule has 0 fully saturated rings. The third-order valence-corrected chi connectivity index (χ3v) is 5.85. The van der Waals surface area contributed by atoms with Crippen LogP contribution >= 0.6 is 0 Å². The molecule has 1 atom stereocenters. The van der Waals surface area contributed by atoms with E-state index in [1.54, 1.807) is 30.3 Å². The standard InChI is InChI=1S/C21H26FN3O4S/c1-15-9-11-18(12-10-15)25(30(4,28)29)14-20(26)24(16(2)21(27)23-3)13-17-7-5-6-8-19(17)22/h5-12,16H,13-14H2,1-4H3,(H,23,27)/t16-/m1/s1. The van der Waals surface area contributed by atoms with E-state index >= 15 is 0 Å². The van der Waals surface area contributed by atoms with Gasteiger partial charge in [-0.1, -0.05) is 35.9 Å². The van der Waals surface area contributed by atoms with Gasteiger partial charge in [0.2, 0.25) is 21.8 Å². The summed E-state index contributed by atoms with van der Waals surface area (Å²) < 4.78 is 39.9. The van der Waals surface area contributed by atoms with Gasteiger partial charge in [0.05, 0.1) is 11.9 Å². The van der Waals surface area contributed by atoms with E-state index in [4.69, 9.17) is 0 Å². The zero-order valence-corrected chi connectivity index (χ0v) is 18.2. The van der Waals surface area contributed by atoms with E-state index in [1.165, 1.54) is 37.1 Å². The van der Waals surface area contributed by atoms with Crippen LogP contribution in [0.4, 0.5) is 10.1 Å². The Morgan fingerprint density at radius 1 is 1.10 bits per heavy atom. The van der Waals surface area contributed by atoms with Crippen molar-refractivity contribution in [3.63, 3.8) is 0 Å². The Morgan fingerprint density at radius 3 is 2.23 bits per heavy atom. The van der Waals surface area contributed by atoms with Crippen LogP contribution in [-0.2, 0) is 26.2 Å². The number of anilines is 1. The predicted octanol–water partition coefficient (Wildman–Crippen LogP) is 2.06. The zero-order valence-electron chi connectivity index (χ0n) is 17.4. The first kappa shape index (κ1) is 23.3. The normalized spacial score (nSPS) is 12.2. The number of nitrogens with zero attached hydrogens (tertiary/aromatic N) is 2. The zero-order chi connectivity index (χ0) is 22.5. The molecule has 9 heteroatoms. The van der Waals surface area contributed by atoms with E-state index in [1.807, 2.05) is 6.92 Å². The number of amides is 2. The lowest BCUT2D eigenvalue weighted by molar-refractivity contribution is -0.139. The van der Waals surface area contributed by atoms with Crippen molar-refractivity contribution in [2.45, 2.75) is 26.4 Å². The number of aryl methyl sites for hydroxylation is 1. The topological polar surface area (TPSA) is 86.8 Å². The third kappa shape index (κ3) is 5.79. The molecule has 2 rings (SSSR count). The lowest BCUT2D eigenvalue weighted by Crippen LogP contribution is -2.50. The van der Waals surface area contributed by atoms with Gasteiger partial charge in [0.25, 0.3) is 0 Å². The number of hydrogen-bond donors (Lipinski definition) is 1. The molecule has 2 amide bonds. The molecule has 0 spiro atoms. The summed E-state index contributed by atoms with van der Waals surface area (Å²) in [5, 5.41) is 2.46. The van der Waals surface area contributed by atoms with E-state index in [0.717, 1.165) is 16.1 Å². The van der Waals surface area contributed by atoms with Crippen LogP contribution in [0.1, 0.15) is 18.1 Å². The fourth-order valence-corrected chi connectivity index (χ4v) is 3.78. The summed E-state index contributed by atoms with van der Waals surface area (Å²) in [6.07, 6.45) is 1.00. The van der Waals surface area contributed by atoms with Crippen LogP contribution in [0.2, 0.25) is 0 Å². The lowest BCUT2D eigenvalue weighted by atomic mass is 10.1. The average Bonchev–Trinajstić information content (AvgIpc) is 2.70. The lowest BCUT2D eigenvalue weighted by Gasteiger charge is -2.31. The molecule has 0 aliphatic rings. The first-order chi connectivity index (χ1) is 14.0. The van der Waals surface area contributed by atoms with Crippen molar-refractivity contribution in [3.05, 3.63) is 65.5 Å². The van der Waals surface area contributed by atoms with Gasteiger partial charge in [-0.05, 0) is 32.0 Å². The summed E-state index contributed by atoms with van der Waals surface area (Å²) in [6, 6.07) is 11.7. The fourth-order valence-electron chi connectivity index (χ4n) is 2.93. The second-order valence-corrected chi connectivity index (χ2v) is 8.92. The minimum absolute atomic E-state index is 0.175. The maximum Gasteiger partial charge on any atom is 0.244 e. The SMILES string of the molecule is CNC(=O)[C@@H](C)N(Cc1ccccc1F)C(=O)CN(c1ccc(C)cc1)S(C)(=O)=O. The molecule has 0 aliphatic carbocycles. The predicted molar refractivity (Wildman–Crippen MR) is 114 cm³/mol. The maximum absolute atomic E-state index is 14.2. The van der Waals surface area contributed by atoms with E-state index in [9.17, 15) is 22.4 Å². The number of carbonyl (C=O) groups is 2. The number of rotatable bonds is 8. The molecule has 0 aliphatic heterocycles. The summed E-state index contributed by atoms with van der Waals surface area (Å²) in [4.78, 5) is 26.5. The molecular weight excluding hydrogens is 409 g/mol. The average molecular weight is 436 g/mol. The highest BCUT2D eigenvalue weighted by molar-refractivity contribution is 7.92. The largest absolute Gasteiger partial charge is 0.357 e. The van der Waals surface area contributed by atoms with E-state index in [2.05, 4.69) is 5.32 Å².